The van der Waals surface area contributed by atoms with E-state index in [0.717, 1.165) is 28.9 Å². The minimum absolute atomic E-state index is 0.107. The third kappa shape index (κ3) is 3.15. The van der Waals surface area contributed by atoms with Crippen molar-refractivity contribution in [2.75, 3.05) is 20.2 Å². The average Bonchev–Trinajstić information content (AvgIpc) is 3.35. The van der Waals surface area contributed by atoms with E-state index in [1.807, 2.05) is 48.5 Å². The molecule has 0 radical (unpaired) electrons. The van der Waals surface area contributed by atoms with Crippen LogP contribution in [0.25, 0.3) is 0 Å². The van der Waals surface area contributed by atoms with Gasteiger partial charge in [-0.15, -0.1) is 0 Å². The van der Waals surface area contributed by atoms with Gasteiger partial charge in [-0.3, -0.25) is 9.59 Å². The highest BCUT2D eigenvalue weighted by atomic mass is 16.5. The van der Waals surface area contributed by atoms with Crippen LogP contribution >= 0.6 is 0 Å². The number of ether oxygens (including phenoxy) is 1. The van der Waals surface area contributed by atoms with Crippen LogP contribution < -0.4 is 9.47 Å². The van der Waals surface area contributed by atoms with Crippen molar-refractivity contribution in [2.24, 2.45) is 0 Å². The van der Waals surface area contributed by atoms with Gasteiger partial charge in [0, 0.05) is 24.7 Å². The van der Waals surface area contributed by atoms with E-state index in [1.165, 1.54) is 12.4 Å². The molecule has 0 saturated carbocycles. The molecule has 0 aliphatic carbocycles. The summed E-state index contributed by atoms with van der Waals surface area (Å²) in [6.07, 6.45) is 3.82. The van der Waals surface area contributed by atoms with Crippen LogP contribution in [0.1, 0.15) is 39.5 Å². The van der Waals surface area contributed by atoms with Crippen molar-refractivity contribution in [1.82, 2.24) is 9.80 Å². The fraction of sp³-hybridized carbons (Fsp3) is 0.269. The number of hydrogen-bond acceptors (Lipinski definition) is 4. The van der Waals surface area contributed by atoms with Crippen molar-refractivity contribution in [1.29, 1.82) is 0 Å². The zero-order chi connectivity index (χ0) is 23.2. The summed E-state index contributed by atoms with van der Waals surface area (Å²) in [6.45, 7) is 2.87. The van der Waals surface area contributed by atoms with Crippen molar-refractivity contribution in [3.63, 3.8) is 0 Å². The Kier molecular flexibility index (Phi) is 5.04. The lowest BCUT2D eigenvalue weighted by Gasteiger charge is -2.40. The molecule has 2 aromatic carbocycles. The summed E-state index contributed by atoms with van der Waals surface area (Å²) in [5, 5.41) is 12.3. The molecular weight excluding hydrogens is 418 g/mol. The Morgan fingerprint density at radius 1 is 1.06 bits per heavy atom. The van der Waals surface area contributed by atoms with Crippen molar-refractivity contribution < 1.29 is 19.1 Å². The second-order valence-corrected chi connectivity index (χ2v) is 8.38. The SMILES string of the molecule is CCc1ccc(C23c4c[n+]([O-])ccc4C(=O)N2CCN3C(=O)Cc2ccc(OC)cc2)cc1. The number of methoxy groups -OCH3 is 1. The number of benzene rings is 2. The second-order valence-electron chi connectivity index (χ2n) is 8.38. The molecule has 7 heteroatoms. The first-order valence-corrected chi connectivity index (χ1v) is 11.1. The van der Waals surface area contributed by atoms with Crippen LogP contribution in [0.2, 0.25) is 0 Å². The smallest absolute Gasteiger partial charge is 0.257 e. The molecule has 1 fully saturated rings. The van der Waals surface area contributed by atoms with Crippen LogP contribution in [0, 0.1) is 5.21 Å². The highest BCUT2D eigenvalue weighted by Gasteiger charge is 2.60. The topological polar surface area (TPSA) is 76.8 Å². The van der Waals surface area contributed by atoms with Gasteiger partial charge in [0.15, 0.2) is 18.1 Å². The minimum atomic E-state index is -1.13. The fourth-order valence-corrected chi connectivity index (χ4v) is 5.05. The van der Waals surface area contributed by atoms with E-state index in [1.54, 1.807) is 23.0 Å². The van der Waals surface area contributed by atoms with Gasteiger partial charge in [-0.25, -0.2) is 0 Å². The number of nitrogens with zero attached hydrogens (tertiary/aromatic N) is 3. The molecule has 1 saturated heterocycles. The standard InChI is InChI=1S/C26H25N3O4/c1-3-18-4-8-20(9-5-18)26-23-17-27(32)13-12-22(23)25(31)29(26)15-14-28(26)24(30)16-19-6-10-21(33-2)11-7-19/h4-13,17H,3,14-16H2,1-2H3. The van der Waals surface area contributed by atoms with Gasteiger partial charge in [-0.1, -0.05) is 43.3 Å². The molecule has 1 atom stereocenters. The monoisotopic (exact) mass is 443 g/mol. The predicted molar refractivity (Wildman–Crippen MR) is 121 cm³/mol. The van der Waals surface area contributed by atoms with E-state index >= 15 is 0 Å². The van der Waals surface area contributed by atoms with E-state index in [2.05, 4.69) is 6.92 Å². The Hall–Kier alpha value is -3.87. The number of rotatable bonds is 5. The van der Waals surface area contributed by atoms with Crippen molar-refractivity contribution in [3.05, 3.63) is 100 Å². The molecule has 7 nitrogen and oxygen atoms in total. The van der Waals surface area contributed by atoms with Crippen molar-refractivity contribution >= 4 is 11.8 Å². The molecule has 33 heavy (non-hydrogen) atoms. The lowest BCUT2D eigenvalue weighted by Crippen LogP contribution is -2.52. The Labute approximate surface area is 192 Å². The summed E-state index contributed by atoms with van der Waals surface area (Å²) in [5.74, 6) is 0.454. The quantitative estimate of drug-likeness (QED) is 0.449. The lowest BCUT2D eigenvalue weighted by molar-refractivity contribution is -0.606. The number of aryl methyl sites for hydroxylation is 1. The minimum Gasteiger partial charge on any atom is -0.619 e. The Morgan fingerprint density at radius 2 is 1.76 bits per heavy atom. The van der Waals surface area contributed by atoms with Crippen molar-refractivity contribution in [3.8, 4) is 5.75 Å². The molecule has 0 spiro atoms. The number of hydrogen-bond donors (Lipinski definition) is 0. The van der Waals surface area contributed by atoms with Crippen LogP contribution in [0.15, 0.2) is 67.0 Å². The fourth-order valence-electron chi connectivity index (χ4n) is 5.05. The highest BCUT2D eigenvalue weighted by molar-refractivity contribution is 6.02. The van der Waals surface area contributed by atoms with Gasteiger partial charge in [0.2, 0.25) is 5.91 Å². The van der Waals surface area contributed by atoms with Gasteiger partial charge in [0.1, 0.15) is 5.75 Å². The van der Waals surface area contributed by atoms with E-state index in [4.69, 9.17) is 4.74 Å². The van der Waals surface area contributed by atoms with Crippen LogP contribution in [-0.4, -0.2) is 41.8 Å². The summed E-state index contributed by atoms with van der Waals surface area (Å²) in [5.41, 5.74) is 2.70. The first-order valence-electron chi connectivity index (χ1n) is 11.1. The van der Waals surface area contributed by atoms with Gasteiger partial charge in [-0.2, -0.15) is 4.73 Å². The zero-order valence-electron chi connectivity index (χ0n) is 18.7. The summed E-state index contributed by atoms with van der Waals surface area (Å²) < 4.78 is 5.91. The largest absolute Gasteiger partial charge is 0.619 e. The number of aromatic nitrogens is 1. The van der Waals surface area contributed by atoms with Gasteiger partial charge < -0.3 is 19.7 Å². The molecule has 0 N–H and O–H groups in total. The second kappa shape index (κ2) is 7.92. The van der Waals surface area contributed by atoms with Gasteiger partial charge in [0.25, 0.3) is 5.91 Å². The lowest BCUT2D eigenvalue weighted by atomic mass is 9.90. The molecule has 2 amide bonds. The van der Waals surface area contributed by atoms with Crippen LogP contribution in [0.3, 0.4) is 0 Å². The van der Waals surface area contributed by atoms with Crippen LogP contribution in [0.4, 0.5) is 0 Å². The number of fused-ring (bicyclic) bond motifs is 3. The first-order chi connectivity index (χ1) is 16.0. The molecular formula is C26H25N3O4. The average molecular weight is 444 g/mol. The van der Waals surface area contributed by atoms with Crippen LogP contribution in [-0.2, 0) is 23.3 Å². The van der Waals surface area contributed by atoms with E-state index in [9.17, 15) is 14.8 Å². The number of carbonyl (C=O) groups excluding carboxylic acids is 2. The molecule has 168 valence electrons. The van der Waals surface area contributed by atoms with Crippen molar-refractivity contribution in [2.45, 2.75) is 25.4 Å². The Bertz CT molecular complexity index is 1220. The third-order valence-corrected chi connectivity index (χ3v) is 6.69. The van der Waals surface area contributed by atoms with Gasteiger partial charge in [0.05, 0.1) is 24.7 Å². The number of pyridine rings is 1. The van der Waals surface area contributed by atoms with E-state index < -0.39 is 5.66 Å². The Balaban J connectivity index is 1.62. The zero-order valence-corrected chi connectivity index (χ0v) is 18.7. The van der Waals surface area contributed by atoms with E-state index in [0.29, 0.717) is 28.9 Å². The number of carbonyl (C=O) groups is 2. The maximum atomic E-state index is 13.7. The van der Waals surface area contributed by atoms with Crippen LogP contribution in [0.5, 0.6) is 5.75 Å². The maximum absolute atomic E-state index is 13.7. The number of amides is 2. The predicted octanol–water partition coefficient (Wildman–Crippen LogP) is 2.63. The highest BCUT2D eigenvalue weighted by Crippen LogP contribution is 2.49. The maximum Gasteiger partial charge on any atom is 0.257 e. The molecule has 5 rings (SSSR count). The Morgan fingerprint density at radius 3 is 2.42 bits per heavy atom. The molecule has 1 aromatic heterocycles. The third-order valence-electron chi connectivity index (χ3n) is 6.69. The van der Waals surface area contributed by atoms with Gasteiger partial charge in [-0.05, 0) is 29.7 Å². The molecule has 2 aliphatic rings. The summed E-state index contributed by atoms with van der Waals surface area (Å²) in [4.78, 5) is 30.5. The molecule has 1 unspecified atom stereocenters. The summed E-state index contributed by atoms with van der Waals surface area (Å²) in [6, 6.07) is 16.9. The summed E-state index contributed by atoms with van der Waals surface area (Å²) in [7, 11) is 1.60. The molecule has 0 bridgehead atoms. The normalized spacial score (nSPS) is 18.9. The molecule has 3 aromatic rings. The summed E-state index contributed by atoms with van der Waals surface area (Å²) >= 11 is 0. The van der Waals surface area contributed by atoms with Gasteiger partial charge >= 0.3 is 0 Å². The first kappa shape index (κ1) is 21.0. The van der Waals surface area contributed by atoms with E-state index in [-0.39, 0.29) is 18.2 Å². The molecule has 3 heterocycles. The molecule has 2 aliphatic heterocycles.